The van der Waals surface area contributed by atoms with Crippen LogP contribution in [0.5, 0.6) is 0 Å². The van der Waals surface area contributed by atoms with Gasteiger partial charge >= 0.3 is 0 Å². The highest BCUT2D eigenvalue weighted by Crippen LogP contribution is 2.51. The molecule has 0 unspecified atom stereocenters. The maximum atomic E-state index is 5.50. The molecule has 0 N–H and O–H groups in total. The quantitative estimate of drug-likeness (QED) is 0.184. The Morgan fingerprint density at radius 2 is 1.10 bits per heavy atom. The first-order chi connectivity index (χ1) is 25.3. The van der Waals surface area contributed by atoms with Gasteiger partial charge in [-0.15, -0.1) is 11.3 Å². The molecule has 0 bridgehead atoms. The summed E-state index contributed by atoms with van der Waals surface area (Å²) in [6.07, 6.45) is 0. The third-order valence-electron chi connectivity index (χ3n) is 10.7. The Hall–Kier alpha value is -6.56. The molecular formula is C46H26N4S. The van der Waals surface area contributed by atoms with Gasteiger partial charge in [0.1, 0.15) is 4.83 Å². The zero-order valence-corrected chi connectivity index (χ0v) is 28.0. The summed E-state index contributed by atoms with van der Waals surface area (Å²) in [7, 11) is 0. The van der Waals surface area contributed by atoms with Crippen LogP contribution >= 0.6 is 11.3 Å². The van der Waals surface area contributed by atoms with E-state index >= 15 is 0 Å². The zero-order valence-electron chi connectivity index (χ0n) is 27.2. The van der Waals surface area contributed by atoms with Crippen molar-refractivity contribution in [3.8, 4) is 45.1 Å². The van der Waals surface area contributed by atoms with Crippen LogP contribution in [0, 0.1) is 0 Å². The molecule has 11 aromatic rings. The van der Waals surface area contributed by atoms with Crippen LogP contribution in [0.4, 0.5) is 0 Å². The van der Waals surface area contributed by atoms with Gasteiger partial charge in [-0.05, 0) is 41.5 Å². The van der Waals surface area contributed by atoms with E-state index in [1.54, 1.807) is 11.3 Å². The van der Waals surface area contributed by atoms with Gasteiger partial charge in [-0.25, -0.2) is 9.97 Å². The Balaban J connectivity index is 1.31. The second-order valence-corrected chi connectivity index (χ2v) is 14.4. The van der Waals surface area contributed by atoms with Crippen molar-refractivity contribution >= 4 is 75.3 Å². The minimum absolute atomic E-state index is 0.680. The number of hydrogen-bond acceptors (Lipinski definition) is 3. The van der Waals surface area contributed by atoms with Gasteiger partial charge < -0.3 is 4.57 Å². The summed E-state index contributed by atoms with van der Waals surface area (Å²) in [6, 6.07) is 56.9. The van der Waals surface area contributed by atoms with Crippen molar-refractivity contribution in [1.29, 1.82) is 0 Å². The molecule has 0 saturated carbocycles. The molecule has 4 aromatic heterocycles. The maximum absolute atomic E-state index is 5.50. The molecule has 0 radical (unpaired) electrons. The van der Waals surface area contributed by atoms with Gasteiger partial charge in [0.05, 0.1) is 33.4 Å². The number of aromatic nitrogens is 4. The van der Waals surface area contributed by atoms with Crippen molar-refractivity contribution in [2.24, 2.45) is 0 Å². The average molecular weight is 667 g/mol. The number of rotatable bonds is 2. The molecule has 4 nitrogen and oxygen atoms in total. The summed E-state index contributed by atoms with van der Waals surface area (Å²) in [5.41, 5.74) is 12.8. The largest absolute Gasteiger partial charge is 0.308 e. The smallest absolute Gasteiger partial charge is 0.236 e. The van der Waals surface area contributed by atoms with Crippen molar-refractivity contribution in [3.05, 3.63) is 158 Å². The average Bonchev–Trinajstić information content (AvgIpc) is 3.82. The number of fused-ring (bicyclic) bond motifs is 15. The Morgan fingerprint density at radius 1 is 0.451 bits per heavy atom. The van der Waals surface area contributed by atoms with E-state index in [0.29, 0.717) is 5.95 Å². The van der Waals surface area contributed by atoms with Crippen LogP contribution in [0.25, 0.3) is 109 Å². The highest BCUT2D eigenvalue weighted by molar-refractivity contribution is 7.25. The van der Waals surface area contributed by atoms with Crippen molar-refractivity contribution in [1.82, 2.24) is 19.1 Å². The lowest BCUT2D eigenvalue weighted by molar-refractivity contribution is 1.02. The highest BCUT2D eigenvalue weighted by atomic mass is 32.1. The third kappa shape index (κ3) is 3.58. The first kappa shape index (κ1) is 27.3. The number of para-hydroxylation sites is 3. The molecule has 0 aliphatic carbocycles. The Morgan fingerprint density at radius 3 is 1.94 bits per heavy atom. The van der Waals surface area contributed by atoms with E-state index in [-0.39, 0.29) is 0 Å². The second-order valence-electron chi connectivity index (χ2n) is 13.3. The molecule has 5 heterocycles. The minimum Gasteiger partial charge on any atom is -0.308 e. The Labute approximate surface area is 296 Å². The van der Waals surface area contributed by atoms with E-state index in [0.717, 1.165) is 32.5 Å². The van der Waals surface area contributed by atoms with Gasteiger partial charge in [0.25, 0.3) is 0 Å². The van der Waals surface area contributed by atoms with Gasteiger partial charge in [-0.3, -0.25) is 4.57 Å². The molecule has 1 aliphatic rings. The van der Waals surface area contributed by atoms with Crippen molar-refractivity contribution in [3.63, 3.8) is 0 Å². The molecule has 7 aromatic carbocycles. The zero-order chi connectivity index (χ0) is 33.2. The summed E-state index contributed by atoms with van der Waals surface area (Å²) in [5, 5.41) is 7.14. The van der Waals surface area contributed by atoms with E-state index in [9.17, 15) is 0 Å². The third-order valence-corrected chi connectivity index (χ3v) is 11.8. The molecule has 12 rings (SSSR count). The molecule has 0 saturated heterocycles. The van der Waals surface area contributed by atoms with Crippen LogP contribution < -0.4 is 0 Å². The van der Waals surface area contributed by atoms with Crippen molar-refractivity contribution < 1.29 is 0 Å². The van der Waals surface area contributed by atoms with Crippen LogP contribution in [-0.2, 0) is 0 Å². The predicted octanol–water partition coefficient (Wildman–Crippen LogP) is 12.4. The summed E-state index contributed by atoms with van der Waals surface area (Å²) in [4.78, 5) is 11.9. The van der Waals surface area contributed by atoms with Crippen LogP contribution in [0.2, 0.25) is 0 Å². The van der Waals surface area contributed by atoms with Crippen LogP contribution in [0.1, 0.15) is 0 Å². The molecule has 0 amide bonds. The lowest BCUT2D eigenvalue weighted by Crippen LogP contribution is -2.02. The van der Waals surface area contributed by atoms with Crippen LogP contribution in [-0.4, -0.2) is 19.1 Å². The highest BCUT2D eigenvalue weighted by Gasteiger charge is 2.29. The molecular weight excluding hydrogens is 641 g/mol. The summed E-state index contributed by atoms with van der Waals surface area (Å²) in [6.45, 7) is 0. The fraction of sp³-hybridized carbons (Fsp3) is 0. The number of hydrogen-bond donors (Lipinski definition) is 0. The topological polar surface area (TPSA) is 35.6 Å². The molecule has 51 heavy (non-hydrogen) atoms. The second kappa shape index (κ2) is 10.0. The monoisotopic (exact) mass is 666 g/mol. The standard InChI is InChI=1S/C46H26N4S/c1-2-14-27(15-3-1)43-42-33-21-9-13-25-39(33)51-45(42)48-46(47-43)50-37-24-12-8-20-32(37)40-38(50)26-34-30-18-7-11-23-36(30)49-35-22-10-6-17-29(35)28-16-4-5-19-31(28)41(40)44(34)49/h1-26H. The Bertz CT molecular complexity index is 3250. The predicted molar refractivity (Wildman–Crippen MR) is 213 cm³/mol. The molecule has 0 fully saturated rings. The number of thiophene rings is 1. The Kier molecular flexibility index (Phi) is 5.35. The summed E-state index contributed by atoms with van der Waals surface area (Å²) >= 11 is 1.74. The lowest BCUT2D eigenvalue weighted by Gasteiger charge is -2.13. The number of benzene rings is 7. The van der Waals surface area contributed by atoms with E-state index in [1.807, 2.05) is 0 Å². The molecule has 5 heteroatoms. The van der Waals surface area contributed by atoms with Crippen molar-refractivity contribution in [2.45, 2.75) is 0 Å². The lowest BCUT2D eigenvalue weighted by atomic mass is 9.91. The first-order valence-electron chi connectivity index (χ1n) is 17.3. The molecule has 1 aliphatic heterocycles. The van der Waals surface area contributed by atoms with Crippen molar-refractivity contribution in [2.75, 3.05) is 0 Å². The van der Waals surface area contributed by atoms with Gasteiger partial charge in [0, 0.05) is 53.7 Å². The van der Waals surface area contributed by atoms with Crippen LogP contribution in [0.15, 0.2) is 158 Å². The SMILES string of the molecule is c1ccc(-c2nc(-n3c4ccccc4c4c5c6c(cc43)c3ccccc3n6-c3ccccc3-c3ccccc3-5)nc3sc4ccccc4c23)cc1. The normalized spacial score (nSPS) is 12.3. The molecule has 0 atom stereocenters. The first-order valence-corrected chi connectivity index (χ1v) is 18.1. The van der Waals surface area contributed by atoms with Gasteiger partial charge in [-0.2, -0.15) is 0 Å². The van der Waals surface area contributed by atoms with E-state index in [4.69, 9.17) is 9.97 Å². The molecule has 236 valence electrons. The van der Waals surface area contributed by atoms with Gasteiger partial charge in [0.2, 0.25) is 5.95 Å². The summed E-state index contributed by atoms with van der Waals surface area (Å²) in [5.74, 6) is 0.680. The fourth-order valence-corrected chi connectivity index (χ4v) is 9.72. The number of nitrogens with zero attached hydrogens (tertiary/aromatic N) is 4. The van der Waals surface area contributed by atoms with Gasteiger partial charge in [0.15, 0.2) is 0 Å². The fourth-order valence-electron chi connectivity index (χ4n) is 8.65. The van der Waals surface area contributed by atoms with E-state index in [2.05, 4.69) is 167 Å². The summed E-state index contributed by atoms with van der Waals surface area (Å²) < 4.78 is 6.02. The van der Waals surface area contributed by atoms with Crippen LogP contribution in [0.3, 0.4) is 0 Å². The maximum Gasteiger partial charge on any atom is 0.236 e. The minimum atomic E-state index is 0.680. The molecule has 0 spiro atoms. The van der Waals surface area contributed by atoms with E-state index in [1.165, 1.54) is 70.6 Å². The van der Waals surface area contributed by atoms with E-state index < -0.39 is 0 Å². The van der Waals surface area contributed by atoms with Gasteiger partial charge in [-0.1, -0.05) is 127 Å².